The molecule has 13 rings (SSSR count). The largest absolute Gasteiger partial charge is 0.872 e. The molecular weight excluding hydrogens is 1150 g/mol. The molecule has 0 amide bonds. The second-order valence-electron chi connectivity index (χ2n) is 29.7. The second kappa shape index (κ2) is 24.0. The topological polar surface area (TPSA) is 208 Å². The average Bonchev–Trinajstić information content (AvgIpc) is 0.739. The number of aliphatic carboxylic acids is 1. The zero-order valence-corrected chi connectivity index (χ0v) is 55.5. The molecule has 482 valence electrons. The number of nitrogens with zero attached hydrogens (tertiary/aromatic N) is 3. The van der Waals surface area contributed by atoms with Gasteiger partial charge >= 0.3 is 17.9 Å². The number of carboxylic acids is 3. The number of fused-ring (bicyclic) bond motifs is 10. The van der Waals surface area contributed by atoms with E-state index in [1.54, 1.807) is 48.5 Å². The van der Waals surface area contributed by atoms with Crippen molar-refractivity contribution in [3.63, 3.8) is 0 Å². The maximum atomic E-state index is 12.9. The maximum absolute atomic E-state index is 12.9. The van der Waals surface area contributed by atoms with Crippen LogP contribution in [0.25, 0.3) is 50.3 Å². The number of benzene rings is 6. The Kier molecular flexibility index (Phi) is 17.0. The van der Waals surface area contributed by atoms with Gasteiger partial charge in [0, 0.05) is 72.4 Å². The third kappa shape index (κ3) is 10.8. The standard InChI is InChI=1S/C30H48O4.C26H28N3.C23H16O6/c1-25(2)14-15-30(24(33)34)19(16-25)18-8-9-21-27(5)12-11-22(31)26(3,4)20(27)10-13-28(21,6)29(18,7)17-23(30)32;1-19-17-21(20(2)29(19)24-9-7-6-8-10-24)11-13-23-14-12-22-18-25(27(3)4)15-16-26(22)28(23)5;24-20-16(14-7-3-1-5-12(14)9-18(20)22(26)27)11-17-15-8-4-2-6-13(15)10-19(21(17)25)23(28)29/h8,19-23,31-32H,9-17H2,1-7H3,(H,33,34);6-18H,1-5H3;1-10,24-25H,11H2,(H,26,27)(H,28,29)/q;+1;/p-1. The molecule has 6 aromatic carbocycles. The number of pyridine rings is 1. The predicted octanol–water partition coefficient (Wildman–Crippen LogP) is 15.3. The summed E-state index contributed by atoms with van der Waals surface area (Å²) in [5, 5.41) is 79.1. The lowest BCUT2D eigenvalue weighted by Gasteiger charge is -2.71. The number of carbonyl (C=O) groups is 3. The Bertz CT molecular complexity index is 4190. The normalized spacial score (nSPS) is 26.8. The molecule has 92 heavy (non-hydrogen) atoms. The number of carboxylic acid groups (broad SMARTS) is 3. The number of allylic oxidation sites excluding steroid dienone is 2. The lowest BCUT2D eigenvalue weighted by atomic mass is 9.33. The summed E-state index contributed by atoms with van der Waals surface area (Å²) < 4.78 is 4.56. The fourth-order valence-electron chi connectivity index (χ4n) is 18.3. The van der Waals surface area contributed by atoms with Gasteiger partial charge in [-0.05, 0) is 204 Å². The highest BCUT2D eigenvalue weighted by Gasteiger charge is 2.71. The quantitative estimate of drug-likeness (QED) is 0.0592. The summed E-state index contributed by atoms with van der Waals surface area (Å²) in [6.45, 7) is 20.7. The molecule has 2 aromatic heterocycles. The van der Waals surface area contributed by atoms with Crippen LogP contribution >= 0.6 is 0 Å². The number of hydrogen-bond acceptors (Lipinski definition) is 8. The van der Waals surface area contributed by atoms with Crippen LogP contribution in [0.15, 0.2) is 139 Å². The summed E-state index contributed by atoms with van der Waals surface area (Å²) >= 11 is 0. The summed E-state index contributed by atoms with van der Waals surface area (Å²) in [6, 6.07) is 40.3. The van der Waals surface area contributed by atoms with Gasteiger partial charge in [-0.15, -0.1) is 0 Å². The average molecular weight is 1240 g/mol. The van der Waals surface area contributed by atoms with Crippen molar-refractivity contribution in [3.05, 3.63) is 184 Å². The second-order valence-corrected chi connectivity index (χ2v) is 29.7. The Hall–Kier alpha value is -8.26. The Morgan fingerprint density at radius 1 is 0.674 bits per heavy atom. The molecule has 13 nitrogen and oxygen atoms in total. The van der Waals surface area contributed by atoms with Crippen molar-refractivity contribution < 1.29 is 54.7 Å². The van der Waals surface area contributed by atoms with Gasteiger partial charge in [0.25, 0.3) is 0 Å². The number of aliphatic hydroxyl groups excluding tert-OH is 2. The molecule has 2 heterocycles. The van der Waals surface area contributed by atoms with Crippen molar-refractivity contribution >= 4 is 68.2 Å². The molecule has 8 aromatic rings. The SMILES string of the molecule is CC1(C)CCC2(C(=O)O)C(O)CC3(C)C(=CCC4C5(C)CCC(O)C(C)(C)C5CCC43C)C2C1.Cc1cc(C=Cc2ccc3cc(N(C)C)ccc3[n+]2C)c(C)n1-c1ccccc1.O=C(O)c1cc2ccccc2c(Cc2c(O)c(C(=O)O)cc3ccccc23)c1[O-]. The van der Waals surface area contributed by atoms with Gasteiger partial charge in [-0.3, -0.25) is 4.79 Å². The number of aromatic carboxylic acids is 2. The van der Waals surface area contributed by atoms with E-state index in [1.807, 2.05) is 0 Å². The van der Waals surface area contributed by atoms with Crippen LogP contribution in [0.4, 0.5) is 5.69 Å². The summed E-state index contributed by atoms with van der Waals surface area (Å²) in [4.78, 5) is 38.1. The van der Waals surface area contributed by atoms with Gasteiger partial charge in [0.1, 0.15) is 23.8 Å². The Morgan fingerprint density at radius 2 is 1.30 bits per heavy atom. The molecule has 0 aliphatic heterocycles. The minimum Gasteiger partial charge on any atom is -0.872 e. The minimum absolute atomic E-state index is 0.0218. The number of hydrogen-bond donors (Lipinski definition) is 6. The van der Waals surface area contributed by atoms with Crippen molar-refractivity contribution in [1.82, 2.24) is 4.57 Å². The smallest absolute Gasteiger partial charge is 0.339 e. The number of anilines is 1. The third-order valence-electron chi connectivity index (χ3n) is 23.7. The first-order valence-corrected chi connectivity index (χ1v) is 32.6. The maximum Gasteiger partial charge on any atom is 0.339 e. The van der Waals surface area contributed by atoms with Crippen LogP contribution in [0, 0.1) is 64.1 Å². The molecule has 0 radical (unpaired) electrons. The predicted molar refractivity (Wildman–Crippen MR) is 363 cm³/mol. The summed E-state index contributed by atoms with van der Waals surface area (Å²) in [6.07, 6.45) is 13.7. The Morgan fingerprint density at radius 3 is 1.95 bits per heavy atom. The van der Waals surface area contributed by atoms with Gasteiger partial charge in [0.2, 0.25) is 11.2 Å². The molecule has 0 spiro atoms. The van der Waals surface area contributed by atoms with E-state index in [9.17, 15) is 50.1 Å². The van der Waals surface area contributed by atoms with Gasteiger partial charge in [0.05, 0.1) is 17.8 Å². The summed E-state index contributed by atoms with van der Waals surface area (Å²) in [5.41, 5.74) is 8.70. The fraction of sp³-hybridized carbons (Fsp3) is 0.418. The zero-order chi connectivity index (χ0) is 66.4. The van der Waals surface area contributed by atoms with Crippen LogP contribution in [0.1, 0.15) is 161 Å². The first-order valence-electron chi connectivity index (χ1n) is 32.6. The highest BCUT2D eigenvalue weighted by molar-refractivity contribution is 6.02. The van der Waals surface area contributed by atoms with Crippen LogP contribution in [-0.2, 0) is 18.3 Å². The van der Waals surface area contributed by atoms with Crippen LogP contribution in [0.3, 0.4) is 0 Å². The van der Waals surface area contributed by atoms with Crippen LogP contribution in [-0.4, -0.2) is 79.4 Å². The molecule has 5 aliphatic rings. The minimum atomic E-state index is -1.34. The molecule has 0 saturated heterocycles. The fourth-order valence-corrected chi connectivity index (χ4v) is 18.3. The molecule has 9 unspecified atom stereocenters. The lowest BCUT2D eigenvalue weighted by Crippen LogP contribution is -2.67. The molecule has 13 heteroatoms. The Balaban J connectivity index is 0.000000142. The van der Waals surface area contributed by atoms with Crippen molar-refractivity contribution in [3.8, 4) is 17.2 Å². The van der Waals surface area contributed by atoms with Crippen LogP contribution in [0.5, 0.6) is 11.5 Å². The highest BCUT2D eigenvalue weighted by atomic mass is 16.4. The molecule has 4 saturated carbocycles. The summed E-state index contributed by atoms with van der Waals surface area (Å²) in [5.74, 6) is -3.62. The number of aromatic nitrogens is 2. The first kappa shape index (κ1) is 65.2. The van der Waals surface area contributed by atoms with E-state index in [0.29, 0.717) is 46.2 Å². The van der Waals surface area contributed by atoms with E-state index < -0.39 is 40.9 Å². The van der Waals surface area contributed by atoms with E-state index in [2.05, 4.69) is 182 Å². The molecular formula is C79H91N3O10. The van der Waals surface area contributed by atoms with E-state index in [1.165, 1.54) is 62.6 Å². The molecule has 0 bridgehead atoms. The van der Waals surface area contributed by atoms with Crippen molar-refractivity contribution in [2.24, 2.45) is 57.3 Å². The van der Waals surface area contributed by atoms with Crippen LogP contribution < -0.4 is 14.6 Å². The van der Waals surface area contributed by atoms with Gasteiger partial charge < -0.3 is 45.2 Å². The highest BCUT2D eigenvalue weighted by Crippen LogP contribution is 2.76. The number of rotatable bonds is 9. The Labute approximate surface area is 541 Å². The van der Waals surface area contributed by atoms with Crippen molar-refractivity contribution in [1.29, 1.82) is 0 Å². The molecule has 4 fully saturated rings. The lowest BCUT2D eigenvalue weighted by molar-refractivity contribution is -0.646. The van der Waals surface area contributed by atoms with Crippen molar-refractivity contribution in [2.45, 2.75) is 139 Å². The number of aryl methyl sites for hydroxylation is 2. The summed E-state index contributed by atoms with van der Waals surface area (Å²) in [7, 11) is 6.28. The first-order chi connectivity index (χ1) is 43.4. The van der Waals surface area contributed by atoms with E-state index in [4.69, 9.17) is 0 Å². The van der Waals surface area contributed by atoms with E-state index in [-0.39, 0.29) is 67.8 Å². The molecule has 5 aliphatic carbocycles. The number of phenols is 1. The van der Waals surface area contributed by atoms with Gasteiger partial charge in [-0.1, -0.05) is 133 Å². The van der Waals surface area contributed by atoms with Gasteiger partial charge in [-0.25, -0.2) is 9.59 Å². The van der Waals surface area contributed by atoms with Crippen LogP contribution in [0.2, 0.25) is 0 Å². The number of aromatic hydroxyl groups is 1. The third-order valence-corrected chi connectivity index (χ3v) is 23.7. The number of aliphatic hydroxyl groups is 2. The van der Waals surface area contributed by atoms with Gasteiger partial charge in [-0.2, -0.15) is 4.57 Å². The molecule has 6 N–H and O–H groups in total. The zero-order valence-electron chi connectivity index (χ0n) is 55.5. The monoisotopic (exact) mass is 1240 g/mol. The van der Waals surface area contributed by atoms with E-state index >= 15 is 0 Å². The van der Waals surface area contributed by atoms with Gasteiger partial charge in [0.15, 0.2) is 0 Å². The van der Waals surface area contributed by atoms with Crippen molar-refractivity contribution in [2.75, 3.05) is 19.0 Å². The number of para-hydroxylation sites is 1. The van der Waals surface area contributed by atoms with E-state index in [0.717, 1.165) is 44.9 Å². The molecule has 9 atom stereocenters.